The number of nitrogens with one attached hydrogen (secondary N) is 3. The minimum absolute atomic E-state index is 0. The van der Waals surface area contributed by atoms with Crippen molar-refractivity contribution in [3.63, 3.8) is 0 Å². The summed E-state index contributed by atoms with van der Waals surface area (Å²) < 4.78 is 10.4. The first kappa shape index (κ1) is 24.5. The van der Waals surface area contributed by atoms with E-state index >= 15 is 0 Å². The number of hydrogen-bond donors (Lipinski definition) is 3. The second-order valence-corrected chi connectivity index (χ2v) is 5.96. The van der Waals surface area contributed by atoms with Gasteiger partial charge in [-0.2, -0.15) is 0 Å². The Hall–Kier alpha value is -2.49. The maximum Gasteiger partial charge on any atom is 0.251 e. The average Bonchev–Trinajstić information content (AvgIpc) is 2.74. The normalized spacial score (nSPS) is 10.5. The van der Waals surface area contributed by atoms with Crippen molar-refractivity contribution in [1.82, 2.24) is 16.0 Å². The molecule has 0 heterocycles. The lowest BCUT2D eigenvalue weighted by molar-refractivity contribution is 0.0954. The van der Waals surface area contributed by atoms with E-state index in [2.05, 4.69) is 20.9 Å². The number of hydrogen-bond acceptors (Lipinski definition) is 4. The maximum atomic E-state index is 12.2. The zero-order valence-corrected chi connectivity index (χ0v) is 19.4. The molecule has 0 aliphatic rings. The van der Waals surface area contributed by atoms with Crippen LogP contribution >= 0.6 is 24.0 Å². The molecule has 0 aliphatic heterocycles. The Balaban J connectivity index is 0.00000420. The van der Waals surface area contributed by atoms with Gasteiger partial charge in [-0.1, -0.05) is 18.2 Å². The Kier molecular flexibility index (Phi) is 11.6. The first-order valence-electron chi connectivity index (χ1n) is 9.23. The highest BCUT2D eigenvalue weighted by molar-refractivity contribution is 14.0. The van der Waals surface area contributed by atoms with Gasteiger partial charge in [-0.3, -0.25) is 4.79 Å². The fourth-order valence-electron chi connectivity index (χ4n) is 2.51. The van der Waals surface area contributed by atoms with E-state index in [1.54, 1.807) is 38.5 Å². The molecule has 0 spiro atoms. The lowest BCUT2D eigenvalue weighted by atomic mass is 10.2. The summed E-state index contributed by atoms with van der Waals surface area (Å²) in [7, 11) is 3.22. The topological polar surface area (TPSA) is 84.0 Å². The van der Waals surface area contributed by atoms with Gasteiger partial charge in [0.05, 0.1) is 20.8 Å². The van der Waals surface area contributed by atoms with Crippen LogP contribution in [0, 0.1) is 0 Å². The number of rotatable bonds is 9. The molecule has 158 valence electrons. The summed E-state index contributed by atoms with van der Waals surface area (Å²) in [6.45, 7) is 4.31. The molecule has 0 bridgehead atoms. The van der Waals surface area contributed by atoms with Crippen molar-refractivity contribution in [3.8, 4) is 11.5 Å². The molecule has 29 heavy (non-hydrogen) atoms. The van der Waals surface area contributed by atoms with Gasteiger partial charge in [0, 0.05) is 25.2 Å². The summed E-state index contributed by atoms with van der Waals surface area (Å²) in [5.74, 6) is 2.02. The number of methoxy groups -OCH3 is 2. The molecule has 1 amide bonds. The van der Waals surface area contributed by atoms with Crippen LogP contribution in [0.25, 0.3) is 0 Å². The van der Waals surface area contributed by atoms with Crippen molar-refractivity contribution < 1.29 is 14.3 Å². The third-order valence-electron chi connectivity index (χ3n) is 3.93. The molecule has 0 radical (unpaired) electrons. The first-order valence-corrected chi connectivity index (χ1v) is 9.23. The van der Waals surface area contributed by atoms with E-state index in [0.717, 1.165) is 17.9 Å². The number of guanidine groups is 1. The first-order chi connectivity index (χ1) is 13.7. The van der Waals surface area contributed by atoms with Gasteiger partial charge in [0.15, 0.2) is 5.96 Å². The molecule has 0 saturated carbocycles. The van der Waals surface area contributed by atoms with Crippen LogP contribution in [-0.2, 0) is 6.54 Å². The highest BCUT2D eigenvalue weighted by Crippen LogP contribution is 2.13. The fraction of sp³-hybridized carbons (Fsp3) is 0.333. The molecule has 0 saturated heterocycles. The van der Waals surface area contributed by atoms with Gasteiger partial charge in [-0.15, -0.1) is 24.0 Å². The lowest BCUT2D eigenvalue weighted by Crippen LogP contribution is -2.41. The van der Waals surface area contributed by atoms with Crippen LogP contribution in [0.2, 0.25) is 0 Å². The van der Waals surface area contributed by atoms with Crippen molar-refractivity contribution >= 4 is 35.8 Å². The second kappa shape index (κ2) is 13.6. The standard InChI is InChI=1S/C21H28N4O3.HI/c1-4-22-21(25-15-16-7-5-9-18(13-16)27-2)24-12-11-23-20(26)17-8-6-10-19(14-17)28-3;/h5-10,13-14H,4,11-12,15H2,1-3H3,(H,23,26)(H2,22,24,25);1H. The highest BCUT2D eigenvalue weighted by atomic mass is 127. The predicted octanol–water partition coefficient (Wildman–Crippen LogP) is 2.81. The van der Waals surface area contributed by atoms with Crippen molar-refractivity contribution in [2.45, 2.75) is 13.5 Å². The number of carbonyl (C=O) groups excluding carboxylic acids is 1. The van der Waals surface area contributed by atoms with Crippen LogP contribution < -0.4 is 25.4 Å². The molecule has 8 heteroatoms. The van der Waals surface area contributed by atoms with Crippen molar-refractivity contribution in [2.75, 3.05) is 33.9 Å². The number of aliphatic imine (C=N–C) groups is 1. The average molecular weight is 512 g/mol. The number of halogens is 1. The monoisotopic (exact) mass is 512 g/mol. The minimum Gasteiger partial charge on any atom is -0.497 e. The van der Waals surface area contributed by atoms with Gasteiger partial charge in [0.25, 0.3) is 5.91 Å². The summed E-state index contributed by atoms with van der Waals surface area (Å²) in [5, 5.41) is 9.29. The minimum atomic E-state index is -0.140. The van der Waals surface area contributed by atoms with Gasteiger partial charge in [0.2, 0.25) is 0 Å². The molecule has 2 rings (SSSR count). The summed E-state index contributed by atoms with van der Waals surface area (Å²) in [6.07, 6.45) is 0. The Morgan fingerprint density at radius 3 is 2.28 bits per heavy atom. The summed E-state index contributed by atoms with van der Waals surface area (Å²) in [6, 6.07) is 14.9. The van der Waals surface area contributed by atoms with Crippen LogP contribution in [0.3, 0.4) is 0 Å². The molecular weight excluding hydrogens is 483 g/mol. The number of nitrogens with zero attached hydrogens (tertiary/aromatic N) is 1. The van der Waals surface area contributed by atoms with Crippen LogP contribution in [0.1, 0.15) is 22.8 Å². The van der Waals surface area contributed by atoms with Crippen molar-refractivity contribution in [1.29, 1.82) is 0 Å². The van der Waals surface area contributed by atoms with Gasteiger partial charge in [0.1, 0.15) is 11.5 Å². The lowest BCUT2D eigenvalue weighted by Gasteiger charge is -2.12. The van der Waals surface area contributed by atoms with E-state index in [-0.39, 0.29) is 29.9 Å². The second-order valence-electron chi connectivity index (χ2n) is 5.96. The zero-order chi connectivity index (χ0) is 20.2. The van der Waals surface area contributed by atoms with Gasteiger partial charge < -0.3 is 25.4 Å². The van der Waals surface area contributed by atoms with Crippen LogP contribution in [0.5, 0.6) is 11.5 Å². The van der Waals surface area contributed by atoms with E-state index in [0.29, 0.717) is 36.9 Å². The van der Waals surface area contributed by atoms with E-state index in [1.165, 1.54) is 0 Å². The Morgan fingerprint density at radius 1 is 0.931 bits per heavy atom. The van der Waals surface area contributed by atoms with Crippen LogP contribution in [-0.4, -0.2) is 45.7 Å². The Morgan fingerprint density at radius 2 is 1.59 bits per heavy atom. The van der Waals surface area contributed by atoms with E-state index in [4.69, 9.17) is 9.47 Å². The van der Waals surface area contributed by atoms with Crippen LogP contribution in [0.4, 0.5) is 0 Å². The number of carbonyl (C=O) groups is 1. The molecule has 2 aromatic carbocycles. The molecule has 0 unspecified atom stereocenters. The summed E-state index contributed by atoms with van der Waals surface area (Å²) in [5.41, 5.74) is 1.63. The Bertz CT molecular complexity index is 799. The van der Waals surface area contributed by atoms with Crippen LogP contribution in [0.15, 0.2) is 53.5 Å². The summed E-state index contributed by atoms with van der Waals surface area (Å²) >= 11 is 0. The molecule has 0 aliphatic carbocycles. The maximum absolute atomic E-state index is 12.2. The number of amides is 1. The zero-order valence-electron chi connectivity index (χ0n) is 17.0. The molecular formula is C21H29IN4O3. The van der Waals surface area contributed by atoms with E-state index in [9.17, 15) is 4.79 Å². The smallest absolute Gasteiger partial charge is 0.251 e. The molecule has 2 aromatic rings. The van der Waals surface area contributed by atoms with Crippen molar-refractivity contribution in [2.24, 2.45) is 4.99 Å². The molecule has 3 N–H and O–H groups in total. The molecule has 7 nitrogen and oxygen atoms in total. The number of benzene rings is 2. The molecule has 0 fully saturated rings. The highest BCUT2D eigenvalue weighted by Gasteiger charge is 2.06. The van der Waals surface area contributed by atoms with Crippen molar-refractivity contribution in [3.05, 3.63) is 59.7 Å². The number of ether oxygens (including phenoxy) is 2. The third-order valence-corrected chi connectivity index (χ3v) is 3.93. The van der Waals surface area contributed by atoms with E-state index < -0.39 is 0 Å². The van der Waals surface area contributed by atoms with E-state index in [1.807, 2.05) is 31.2 Å². The quantitative estimate of drug-likeness (QED) is 0.208. The Labute approximate surface area is 189 Å². The van der Waals surface area contributed by atoms with Gasteiger partial charge in [-0.05, 0) is 42.8 Å². The van der Waals surface area contributed by atoms with Gasteiger partial charge in [-0.25, -0.2) is 4.99 Å². The van der Waals surface area contributed by atoms with Gasteiger partial charge >= 0.3 is 0 Å². The summed E-state index contributed by atoms with van der Waals surface area (Å²) in [4.78, 5) is 16.8. The third kappa shape index (κ3) is 8.59. The molecule has 0 atom stereocenters. The molecule has 0 aromatic heterocycles. The predicted molar refractivity (Wildman–Crippen MR) is 127 cm³/mol. The SMILES string of the molecule is CCNC(=NCc1cccc(OC)c1)NCCNC(=O)c1cccc(OC)c1.I. The fourth-order valence-corrected chi connectivity index (χ4v) is 2.51. The largest absolute Gasteiger partial charge is 0.497 e.